The fourth-order valence-corrected chi connectivity index (χ4v) is 6.23. The van der Waals surface area contributed by atoms with Crippen molar-refractivity contribution in [2.75, 3.05) is 22.9 Å². The van der Waals surface area contributed by atoms with Gasteiger partial charge in [-0.2, -0.15) is 0 Å². The van der Waals surface area contributed by atoms with E-state index < -0.39 is 0 Å². The smallest absolute Gasteiger partial charge is 0.174 e. The molecule has 0 saturated carbocycles. The zero-order valence-corrected chi connectivity index (χ0v) is 22.9. The number of anilines is 2. The van der Waals surface area contributed by atoms with Crippen LogP contribution < -0.4 is 15.1 Å². The van der Waals surface area contributed by atoms with Crippen LogP contribution in [0.4, 0.5) is 11.4 Å². The van der Waals surface area contributed by atoms with Gasteiger partial charge in [0.25, 0.3) is 0 Å². The second kappa shape index (κ2) is 10.8. The number of rotatable bonds is 6. The largest absolute Gasteiger partial charge is 0.370 e. The van der Waals surface area contributed by atoms with Gasteiger partial charge in [0, 0.05) is 43.1 Å². The summed E-state index contributed by atoms with van der Waals surface area (Å²) in [5.41, 5.74) is 5.14. The van der Waals surface area contributed by atoms with Crippen molar-refractivity contribution in [3.05, 3.63) is 107 Å². The number of pyridine rings is 2. The molecule has 0 aliphatic carbocycles. The molecule has 8 heteroatoms. The molecule has 0 bridgehead atoms. The van der Waals surface area contributed by atoms with E-state index in [0.717, 1.165) is 52.5 Å². The van der Waals surface area contributed by atoms with Gasteiger partial charge < -0.3 is 19.7 Å². The van der Waals surface area contributed by atoms with Crippen LogP contribution in [0.5, 0.6) is 0 Å². The van der Waals surface area contributed by atoms with Crippen LogP contribution in [-0.2, 0) is 6.54 Å². The molecule has 5 heterocycles. The predicted molar refractivity (Wildman–Crippen MR) is 158 cm³/mol. The van der Waals surface area contributed by atoms with Crippen LogP contribution in [0, 0.1) is 5.92 Å². The first-order valence-corrected chi connectivity index (χ1v) is 14.0. The summed E-state index contributed by atoms with van der Waals surface area (Å²) in [5, 5.41) is 4.98. The van der Waals surface area contributed by atoms with Crippen LogP contribution in [0.15, 0.2) is 85.3 Å². The maximum atomic E-state index is 6.93. The van der Waals surface area contributed by atoms with Crippen molar-refractivity contribution in [2.24, 2.45) is 5.92 Å². The van der Waals surface area contributed by atoms with Crippen molar-refractivity contribution in [1.29, 1.82) is 0 Å². The second-order valence-corrected chi connectivity index (χ2v) is 11.0. The summed E-state index contributed by atoms with van der Waals surface area (Å²) in [6, 6.07) is 22.4. The number of hydrogen-bond acceptors (Lipinski definition) is 4. The Kier molecular flexibility index (Phi) is 7.04. The highest BCUT2D eigenvalue weighted by molar-refractivity contribution is 7.80. The van der Waals surface area contributed by atoms with Gasteiger partial charge in [0.15, 0.2) is 5.11 Å². The van der Waals surface area contributed by atoms with Gasteiger partial charge in [-0.15, -0.1) is 0 Å². The van der Waals surface area contributed by atoms with Crippen LogP contribution in [0.25, 0.3) is 0 Å². The summed E-state index contributed by atoms with van der Waals surface area (Å²) in [6.45, 7) is 5.07. The van der Waals surface area contributed by atoms with E-state index >= 15 is 0 Å². The molecule has 2 saturated heterocycles. The molecule has 2 aliphatic rings. The van der Waals surface area contributed by atoms with Crippen molar-refractivity contribution < 1.29 is 0 Å². The van der Waals surface area contributed by atoms with Crippen molar-refractivity contribution in [3.63, 3.8) is 0 Å². The molecule has 194 valence electrons. The van der Waals surface area contributed by atoms with E-state index in [1.54, 1.807) is 0 Å². The van der Waals surface area contributed by atoms with Gasteiger partial charge in [0.05, 0.1) is 34.7 Å². The highest BCUT2D eigenvalue weighted by atomic mass is 35.5. The number of hydrogen-bond donors (Lipinski definition) is 1. The molecule has 1 aromatic carbocycles. The molecule has 2 fully saturated rings. The number of piperidine rings is 1. The topological polar surface area (TPSA) is 49.2 Å². The first-order chi connectivity index (χ1) is 18.6. The molecule has 2 aliphatic heterocycles. The van der Waals surface area contributed by atoms with Crippen molar-refractivity contribution >= 4 is 40.3 Å². The van der Waals surface area contributed by atoms with Crippen LogP contribution >= 0.6 is 23.8 Å². The van der Waals surface area contributed by atoms with Gasteiger partial charge in [-0.1, -0.05) is 30.7 Å². The lowest BCUT2D eigenvalue weighted by Gasteiger charge is -2.33. The molecule has 0 amide bonds. The summed E-state index contributed by atoms with van der Waals surface area (Å²) in [4.78, 5) is 13.8. The maximum absolute atomic E-state index is 6.93. The van der Waals surface area contributed by atoms with Crippen LogP contribution in [0.3, 0.4) is 0 Å². The van der Waals surface area contributed by atoms with E-state index in [-0.39, 0.29) is 12.1 Å². The van der Waals surface area contributed by atoms with E-state index in [9.17, 15) is 0 Å². The van der Waals surface area contributed by atoms with E-state index in [1.165, 1.54) is 12.8 Å². The highest BCUT2D eigenvalue weighted by Gasteiger charge is 2.42. The molecule has 2 atom stereocenters. The minimum absolute atomic E-state index is 0.117. The van der Waals surface area contributed by atoms with Gasteiger partial charge in [-0.05, 0) is 85.6 Å². The molecule has 1 N–H and O–H groups in total. The lowest BCUT2D eigenvalue weighted by Crippen LogP contribution is -2.33. The third-order valence-electron chi connectivity index (χ3n) is 7.66. The molecule has 6 rings (SSSR count). The van der Waals surface area contributed by atoms with Gasteiger partial charge in [0.1, 0.15) is 6.04 Å². The summed E-state index contributed by atoms with van der Waals surface area (Å²) in [6.07, 6.45) is 8.16. The van der Waals surface area contributed by atoms with Gasteiger partial charge in [0.2, 0.25) is 0 Å². The summed E-state index contributed by atoms with van der Waals surface area (Å²) >= 11 is 12.9. The number of nitrogens with one attached hydrogen (secondary N) is 1. The number of halogens is 1. The lowest BCUT2D eigenvalue weighted by molar-refractivity contribution is 0.438. The van der Waals surface area contributed by atoms with Crippen molar-refractivity contribution in [1.82, 2.24) is 19.9 Å². The fraction of sp³-hybridized carbons (Fsp3) is 0.300. The lowest BCUT2D eigenvalue weighted by atomic mass is 9.98. The van der Waals surface area contributed by atoms with E-state index in [4.69, 9.17) is 28.8 Å². The Hall–Kier alpha value is -3.42. The summed E-state index contributed by atoms with van der Waals surface area (Å²) in [5.74, 6) is 0.768. The molecule has 4 aromatic rings. The summed E-state index contributed by atoms with van der Waals surface area (Å²) in [7, 11) is 0. The molecule has 0 spiro atoms. The normalized spacial score (nSPS) is 20.1. The fourth-order valence-electron chi connectivity index (χ4n) is 5.59. The third kappa shape index (κ3) is 4.88. The Morgan fingerprint density at radius 1 is 0.974 bits per heavy atom. The quantitative estimate of drug-likeness (QED) is 0.285. The van der Waals surface area contributed by atoms with E-state index in [2.05, 4.69) is 80.3 Å². The Morgan fingerprint density at radius 3 is 2.47 bits per heavy atom. The van der Waals surface area contributed by atoms with E-state index in [0.29, 0.717) is 11.7 Å². The van der Waals surface area contributed by atoms with Crippen LogP contribution in [-0.4, -0.2) is 32.7 Å². The molecule has 0 unspecified atom stereocenters. The number of aromatic nitrogens is 3. The Labute approximate surface area is 234 Å². The molecule has 0 radical (unpaired) electrons. The zero-order chi connectivity index (χ0) is 26.1. The number of thiocarbonyl (C=S) groups is 1. The first-order valence-electron chi connectivity index (χ1n) is 13.2. The molecule has 3 aromatic heterocycles. The van der Waals surface area contributed by atoms with Gasteiger partial charge in [-0.25, -0.2) is 0 Å². The highest BCUT2D eigenvalue weighted by Crippen LogP contribution is 2.43. The molecular weight excluding hydrogens is 512 g/mol. The average molecular weight is 543 g/mol. The minimum Gasteiger partial charge on any atom is -0.370 e. The van der Waals surface area contributed by atoms with Gasteiger partial charge >= 0.3 is 0 Å². The summed E-state index contributed by atoms with van der Waals surface area (Å²) < 4.78 is 2.25. The zero-order valence-electron chi connectivity index (χ0n) is 21.4. The maximum Gasteiger partial charge on any atom is 0.174 e. The molecule has 6 nitrogen and oxygen atoms in total. The Morgan fingerprint density at radius 2 is 1.76 bits per heavy atom. The molecular formula is C30H31ClN6S. The molecule has 38 heavy (non-hydrogen) atoms. The first kappa shape index (κ1) is 24.9. The monoisotopic (exact) mass is 542 g/mol. The SMILES string of the molecule is CC1CCN(c2ccc(N3C(=S)N[C@H](c4ccccn4)[C@H]3c3cccn3Cc3ccccn3)cc2Cl)CC1. The Balaban J connectivity index is 1.38. The third-order valence-corrected chi connectivity index (χ3v) is 8.28. The minimum atomic E-state index is -0.122. The van der Waals surface area contributed by atoms with Crippen molar-refractivity contribution in [2.45, 2.75) is 38.4 Å². The van der Waals surface area contributed by atoms with E-state index in [1.807, 2.05) is 36.7 Å². The van der Waals surface area contributed by atoms with Crippen LogP contribution in [0.1, 0.15) is 48.9 Å². The average Bonchev–Trinajstić information content (AvgIpc) is 3.53. The number of benzene rings is 1. The van der Waals surface area contributed by atoms with Crippen LogP contribution in [0.2, 0.25) is 5.02 Å². The second-order valence-electron chi connectivity index (χ2n) is 10.2. The van der Waals surface area contributed by atoms with Gasteiger partial charge in [-0.3, -0.25) is 9.97 Å². The number of nitrogens with zero attached hydrogens (tertiary/aromatic N) is 5. The Bertz CT molecular complexity index is 1400. The standard InChI is InChI=1S/C30H31ClN6S/c1-21-12-17-35(18-13-21)26-11-10-23(19-24(26)31)37-29(28(34-30(37)38)25-8-3-5-15-33-25)27-9-6-16-36(27)20-22-7-2-4-14-32-22/h2-11,14-16,19,21,28-29H,12-13,17-18,20H2,1H3,(H,34,38)/t28-,29-/m1/s1. The predicted octanol–water partition coefficient (Wildman–Crippen LogP) is 6.39. The van der Waals surface area contributed by atoms with Crippen molar-refractivity contribution in [3.8, 4) is 0 Å².